The lowest BCUT2D eigenvalue weighted by Crippen LogP contribution is -2.29. The summed E-state index contributed by atoms with van der Waals surface area (Å²) in [6.45, 7) is 0. The number of carbonyl (C=O) groups is 1. The van der Waals surface area contributed by atoms with E-state index in [4.69, 9.17) is 11.6 Å². The molecular formula is C20H19ClFN3O2. The van der Waals surface area contributed by atoms with Gasteiger partial charge in [0.1, 0.15) is 0 Å². The van der Waals surface area contributed by atoms with Gasteiger partial charge in [-0.15, -0.1) is 0 Å². The lowest BCUT2D eigenvalue weighted by Gasteiger charge is -2.28. The van der Waals surface area contributed by atoms with Crippen molar-refractivity contribution in [2.24, 2.45) is 11.8 Å². The molecule has 0 aromatic carbocycles. The lowest BCUT2D eigenvalue weighted by molar-refractivity contribution is -0.144. The van der Waals surface area contributed by atoms with Crippen LogP contribution in [0.1, 0.15) is 48.5 Å². The Balaban J connectivity index is 1.63. The van der Waals surface area contributed by atoms with Gasteiger partial charge in [-0.1, -0.05) is 30.5 Å². The second-order valence-electron chi connectivity index (χ2n) is 7.15. The number of pyridine rings is 1. The highest BCUT2D eigenvalue weighted by molar-refractivity contribution is 6.30. The van der Waals surface area contributed by atoms with Gasteiger partial charge >= 0.3 is 5.97 Å². The van der Waals surface area contributed by atoms with E-state index in [-0.39, 0.29) is 11.6 Å². The van der Waals surface area contributed by atoms with Crippen molar-refractivity contribution in [1.29, 1.82) is 0 Å². The van der Waals surface area contributed by atoms with Crippen molar-refractivity contribution in [3.05, 3.63) is 58.2 Å². The van der Waals surface area contributed by atoms with E-state index in [1.807, 2.05) is 12.1 Å². The second kappa shape index (κ2) is 7.35. The predicted octanol–water partition coefficient (Wildman–Crippen LogP) is 4.09. The molecule has 27 heavy (non-hydrogen) atoms. The van der Waals surface area contributed by atoms with Crippen molar-refractivity contribution in [2.45, 2.75) is 38.5 Å². The van der Waals surface area contributed by atoms with E-state index in [9.17, 15) is 14.3 Å². The van der Waals surface area contributed by atoms with Crippen molar-refractivity contribution in [2.75, 3.05) is 0 Å². The average molecular weight is 388 g/mol. The van der Waals surface area contributed by atoms with Gasteiger partial charge in [0.2, 0.25) is 0 Å². The Kier molecular flexibility index (Phi) is 4.91. The molecule has 0 radical (unpaired) electrons. The van der Waals surface area contributed by atoms with Gasteiger partial charge < -0.3 is 5.11 Å². The molecule has 2 atom stereocenters. The molecule has 1 saturated carbocycles. The fourth-order valence-electron chi connectivity index (χ4n) is 4.08. The molecule has 2 aliphatic carbocycles. The molecule has 140 valence electrons. The molecule has 0 amide bonds. The van der Waals surface area contributed by atoms with Crippen molar-refractivity contribution < 1.29 is 14.3 Å². The van der Waals surface area contributed by atoms with Gasteiger partial charge in [0.15, 0.2) is 11.6 Å². The van der Waals surface area contributed by atoms with E-state index < -0.39 is 17.7 Å². The van der Waals surface area contributed by atoms with Gasteiger partial charge in [-0.2, -0.15) is 0 Å². The molecule has 7 heteroatoms. The SMILES string of the molecule is O=C(O)[C@@H]1CCCC[C@H]1Cc1nc(C2=CCc3ncc(Cl)cc32)ncc1F. The Morgan fingerprint density at radius 3 is 2.89 bits per heavy atom. The molecule has 2 aromatic heterocycles. The summed E-state index contributed by atoms with van der Waals surface area (Å²) in [5.74, 6) is -1.41. The van der Waals surface area contributed by atoms with E-state index in [1.165, 1.54) is 6.20 Å². The molecule has 2 aromatic rings. The topological polar surface area (TPSA) is 76.0 Å². The first-order chi connectivity index (χ1) is 13.0. The molecule has 5 nitrogen and oxygen atoms in total. The lowest BCUT2D eigenvalue weighted by atomic mass is 9.77. The number of carboxylic acid groups (broad SMARTS) is 1. The van der Waals surface area contributed by atoms with Crippen LogP contribution >= 0.6 is 11.6 Å². The summed E-state index contributed by atoms with van der Waals surface area (Å²) < 4.78 is 14.4. The van der Waals surface area contributed by atoms with Crippen molar-refractivity contribution in [1.82, 2.24) is 15.0 Å². The zero-order valence-corrected chi connectivity index (χ0v) is 15.4. The zero-order valence-electron chi connectivity index (χ0n) is 14.7. The van der Waals surface area contributed by atoms with Crippen LogP contribution in [0.4, 0.5) is 4.39 Å². The average Bonchev–Trinajstić information content (AvgIpc) is 3.07. The maximum atomic E-state index is 14.4. The van der Waals surface area contributed by atoms with Gasteiger partial charge in [0, 0.05) is 23.8 Å². The monoisotopic (exact) mass is 387 g/mol. The number of rotatable bonds is 4. The number of carboxylic acids is 1. The van der Waals surface area contributed by atoms with Gasteiger partial charge in [0.05, 0.1) is 28.5 Å². The first kappa shape index (κ1) is 18.0. The van der Waals surface area contributed by atoms with Gasteiger partial charge in [-0.3, -0.25) is 9.78 Å². The molecule has 1 fully saturated rings. The van der Waals surface area contributed by atoms with Crippen LogP contribution in [0.5, 0.6) is 0 Å². The van der Waals surface area contributed by atoms with E-state index >= 15 is 0 Å². The summed E-state index contributed by atoms with van der Waals surface area (Å²) in [7, 11) is 0. The number of nitrogens with zero attached hydrogens (tertiary/aromatic N) is 3. The highest BCUT2D eigenvalue weighted by Crippen LogP contribution is 2.34. The maximum Gasteiger partial charge on any atom is 0.306 e. The minimum atomic E-state index is -0.803. The van der Waals surface area contributed by atoms with E-state index in [1.54, 1.807) is 6.20 Å². The van der Waals surface area contributed by atoms with Crippen LogP contribution in [0.3, 0.4) is 0 Å². The number of hydrogen-bond acceptors (Lipinski definition) is 4. The smallest absolute Gasteiger partial charge is 0.306 e. The standard InChI is InChI=1S/C20H19ClFN3O2/c21-12-8-15-14(5-6-17(15)23-9-12)19-24-10-16(22)18(25-19)7-11-3-1-2-4-13(11)20(26)27/h5,8-11,13H,1-4,6-7H2,(H,26,27)/t11-,13+/m0/s1. The van der Waals surface area contributed by atoms with Crippen molar-refractivity contribution in [3.63, 3.8) is 0 Å². The van der Waals surface area contributed by atoms with Crippen LogP contribution in [-0.2, 0) is 17.6 Å². The predicted molar refractivity (Wildman–Crippen MR) is 98.8 cm³/mol. The minimum Gasteiger partial charge on any atom is -0.481 e. The van der Waals surface area contributed by atoms with E-state index in [2.05, 4.69) is 15.0 Å². The Hall–Kier alpha value is -2.34. The number of halogens is 2. The van der Waals surface area contributed by atoms with Gasteiger partial charge in [-0.05, 0) is 31.2 Å². The Bertz CT molecular complexity index is 931. The minimum absolute atomic E-state index is 0.102. The van der Waals surface area contributed by atoms with Crippen LogP contribution in [0, 0.1) is 17.7 Å². The third-order valence-electron chi connectivity index (χ3n) is 5.47. The summed E-state index contributed by atoms with van der Waals surface area (Å²) >= 11 is 6.06. The number of aromatic nitrogens is 3. The van der Waals surface area contributed by atoms with Crippen LogP contribution in [0.25, 0.3) is 5.57 Å². The molecule has 1 N–H and O–H groups in total. The molecule has 2 aliphatic rings. The molecule has 0 bridgehead atoms. The van der Waals surface area contributed by atoms with Gasteiger partial charge in [0.25, 0.3) is 0 Å². The molecule has 0 spiro atoms. The first-order valence-corrected chi connectivity index (χ1v) is 9.50. The molecule has 0 aliphatic heterocycles. The largest absolute Gasteiger partial charge is 0.481 e. The zero-order chi connectivity index (χ0) is 19.0. The van der Waals surface area contributed by atoms with Crippen LogP contribution in [-0.4, -0.2) is 26.0 Å². The molecule has 4 rings (SSSR count). The normalized spacial score (nSPS) is 21.6. The van der Waals surface area contributed by atoms with Crippen LogP contribution in [0.15, 0.2) is 24.5 Å². The van der Waals surface area contributed by atoms with Crippen molar-refractivity contribution >= 4 is 23.1 Å². The van der Waals surface area contributed by atoms with Crippen molar-refractivity contribution in [3.8, 4) is 0 Å². The van der Waals surface area contributed by atoms with E-state index in [0.29, 0.717) is 30.1 Å². The Morgan fingerprint density at radius 2 is 2.07 bits per heavy atom. The fourth-order valence-corrected chi connectivity index (χ4v) is 4.24. The quantitative estimate of drug-likeness (QED) is 0.855. The second-order valence-corrected chi connectivity index (χ2v) is 7.59. The molecule has 0 saturated heterocycles. The number of fused-ring (bicyclic) bond motifs is 1. The maximum absolute atomic E-state index is 14.4. The molecular weight excluding hydrogens is 369 g/mol. The summed E-state index contributed by atoms with van der Waals surface area (Å²) in [6.07, 6.45) is 9.00. The summed E-state index contributed by atoms with van der Waals surface area (Å²) in [6, 6.07) is 1.82. The number of hydrogen-bond donors (Lipinski definition) is 1. The third kappa shape index (κ3) is 3.58. The summed E-state index contributed by atoms with van der Waals surface area (Å²) in [4.78, 5) is 24.5. The van der Waals surface area contributed by atoms with E-state index in [0.717, 1.165) is 36.1 Å². The number of allylic oxidation sites excluding steroid dienone is 1. The third-order valence-corrected chi connectivity index (χ3v) is 5.67. The van der Waals surface area contributed by atoms with Crippen LogP contribution < -0.4 is 0 Å². The summed E-state index contributed by atoms with van der Waals surface area (Å²) in [5.41, 5.74) is 2.82. The Labute approximate surface area is 161 Å². The van der Waals surface area contributed by atoms with Gasteiger partial charge in [-0.25, -0.2) is 14.4 Å². The molecule has 0 unspecified atom stereocenters. The first-order valence-electron chi connectivity index (χ1n) is 9.12. The highest BCUT2D eigenvalue weighted by atomic mass is 35.5. The Morgan fingerprint density at radius 1 is 1.26 bits per heavy atom. The number of aliphatic carboxylic acids is 1. The molecule has 2 heterocycles. The summed E-state index contributed by atoms with van der Waals surface area (Å²) in [5, 5.41) is 9.99. The van der Waals surface area contributed by atoms with Crippen LogP contribution in [0.2, 0.25) is 5.02 Å². The fraction of sp³-hybridized carbons (Fsp3) is 0.400. The highest BCUT2D eigenvalue weighted by Gasteiger charge is 2.32.